The summed E-state index contributed by atoms with van der Waals surface area (Å²) in [6, 6.07) is 1.84. The summed E-state index contributed by atoms with van der Waals surface area (Å²) in [4.78, 5) is 10.9. The Morgan fingerprint density at radius 1 is 1.50 bits per heavy atom. The molecule has 0 saturated carbocycles. The molecular weight excluding hydrogens is 170 g/mol. The van der Waals surface area contributed by atoms with E-state index in [0.717, 1.165) is 5.19 Å². The van der Waals surface area contributed by atoms with Crippen molar-refractivity contribution >= 4 is 19.2 Å². The van der Waals surface area contributed by atoms with Crippen molar-refractivity contribution in [2.24, 2.45) is 5.73 Å². The Labute approximate surface area is 72.6 Å². The Bertz CT molecular complexity index is 298. The van der Waals surface area contributed by atoms with Crippen LogP contribution in [0.5, 0.6) is 0 Å². The van der Waals surface area contributed by atoms with Gasteiger partial charge in [0.2, 0.25) is 0 Å². The summed E-state index contributed by atoms with van der Waals surface area (Å²) < 4.78 is 5.01. The molecule has 1 aromatic heterocycles. The van der Waals surface area contributed by atoms with Crippen molar-refractivity contribution in [1.29, 1.82) is 0 Å². The molecule has 0 aromatic carbocycles. The highest BCUT2D eigenvalue weighted by Crippen LogP contribution is 2.07. The van der Waals surface area contributed by atoms with Gasteiger partial charge in [-0.2, -0.15) is 0 Å². The monoisotopic (exact) mass is 183 g/mol. The number of hydrogen-bond acceptors (Lipinski definition) is 2. The van der Waals surface area contributed by atoms with Crippen LogP contribution in [0.4, 0.5) is 0 Å². The van der Waals surface area contributed by atoms with Crippen LogP contribution in [-0.2, 0) is 0 Å². The van der Waals surface area contributed by atoms with E-state index in [1.807, 2.05) is 6.07 Å². The molecule has 0 unspecified atom stereocenters. The van der Waals surface area contributed by atoms with Gasteiger partial charge in [0.25, 0.3) is 5.91 Å². The molecule has 3 nitrogen and oxygen atoms in total. The van der Waals surface area contributed by atoms with Gasteiger partial charge >= 0.3 is 0 Å². The third-order valence-corrected chi connectivity index (χ3v) is 3.71. The Kier molecular flexibility index (Phi) is 2.10. The summed E-state index contributed by atoms with van der Waals surface area (Å²) in [6.07, 6.45) is 1.52. The second-order valence-corrected chi connectivity index (χ2v) is 8.82. The summed E-state index contributed by atoms with van der Waals surface area (Å²) >= 11 is 0. The average molecular weight is 183 g/mol. The van der Waals surface area contributed by atoms with Crippen molar-refractivity contribution in [3.63, 3.8) is 0 Å². The van der Waals surface area contributed by atoms with Crippen LogP contribution >= 0.6 is 0 Å². The fourth-order valence-corrected chi connectivity index (χ4v) is 2.52. The van der Waals surface area contributed by atoms with E-state index < -0.39 is 14.0 Å². The van der Waals surface area contributed by atoms with Gasteiger partial charge in [0.15, 0.2) is 5.76 Å². The summed E-state index contributed by atoms with van der Waals surface area (Å²) in [6.45, 7) is 6.43. The molecule has 4 heteroatoms. The lowest BCUT2D eigenvalue weighted by molar-refractivity contribution is 0.0975. The van der Waals surface area contributed by atoms with Gasteiger partial charge in [0.1, 0.15) is 0 Å². The van der Waals surface area contributed by atoms with Gasteiger partial charge in [-0.25, -0.2) is 0 Å². The quantitative estimate of drug-likeness (QED) is 0.693. The lowest BCUT2D eigenvalue weighted by Gasteiger charge is -2.14. The van der Waals surface area contributed by atoms with E-state index in [9.17, 15) is 4.79 Å². The maximum Gasteiger partial charge on any atom is 0.284 e. The predicted molar refractivity (Wildman–Crippen MR) is 50.2 cm³/mol. The first-order valence-corrected chi connectivity index (χ1v) is 7.30. The number of furan rings is 1. The number of amides is 1. The SMILES string of the molecule is C[Si](C)(C)c1ccoc1C(N)=O. The molecule has 0 aliphatic rings. The molecule has 0 atom stereocenters. The predicted octanol–water partition coefficient (Wildman–Crippen LogP) is 0.924. The van der Waals surface area contributed by atoms with Crippen LogP contribution in [0.1, 0.15) is 10.6 Å². The van der Waals surface area contributed by atoms with E-state index in [4.69, 9.17) is 10.2 Å². The molecule has 0 aliphatic carbocycles. The largest absolute Gasteiger partial charge is 0.459 e. The summed E-state index contributed by atoms with van der Waals surface area (Å²) in [5, 5.41) is 0.995. The normalized spacial score (nSPS) is 11.6. The second kappa shape index (κ2) is 2.78. The fourth-order valence-electron chi connectivity index (χ4n) is 1.09. The maximum absolute atomic E-state index is 10.9. The number of carbonyl (C=O) groups is 1. The average Bonchev–Trinajstić information content (AvgIpc) is 2.30. The molecule has 66 valence electrons. The molecule has 0 aliphatic heterocycles. The van der Waals surface area contributed by atoms with E-state index in [1.54, 1.807) is 0 Å². The highest BCUT2D eigenvalue weighted by molar-refractivity contribution is 6.89. The van der Waals surface area contributed by atoms with E-state index in [2.05, 4.69) is 19.6 Å². The molecule has 0 saturated heterocycles. The van der Waals surface area contributed by atoms with Gasteiger partial charge in [-0.05, 0) is 11.3 Å². The highest BCUT2D eigenvalue weighted by Gasteiger charge is 2.24. The van der Waals surface area contributed by atoms with Crippen LogP contribution in [-0.4, -0.2) is 14.0 Å². The van der Waals surface area contributed by atoms with Crippen LogP contribution in [0.15, 0.2) is 16.7 Å². The van der Waals surface area contributed by atoms with Crippen LogP contribution in [0, 0.1) is 0 Å². The van der Waals surface area contributed by atoms with Crippen LogP contribution in [0.25, 0.3) is 0 Å². The standard InChI is InChI=1S/C8H13NO2Si/c1-12(2,3)6-4-5-11-7(6)8(9)10/h4-5H,1-3H3,(H2,9,10). The smallest absolute Gasteiger partial charge is 0.284 e. The lowest BCUT2D eigenvalue weighted by atomic mass is 10.4. The summed E-state index contributed by atoms with van der Waals surface area (Å²) in [7, 11) is -1.48. The zero-order valence-electron chi connectivity index (χ0n) is 7.55. The number of hydrogen-bond donors (Lipinski definition) is 1. The van der Waals surface area contributed by atoms with Crippen molar-refractivity contribution in [3.8, 4) is 0 Å². The molecule has 1 aromatic rings. The minimum absolute atomic E-state index is 0.328. The van der Waals surface area contributed by atoms with Crippen LogP contribution in [0.3, 0.4) is 0 Å². The van der Waals surface area contributed by atoms with Gasteiger partial charge in [0.05, 0.1) is 14.3 Å². The third-order valence-electron chi connectivity index (χ3n) is 1.70. The van der Waals surface area contributed by atoms with Crippen molar-refractivity contribution in [2.45, 2.75) is 19.6 Å². The van der Waals surface area contributed by atoms with E-state index in [1.165, 1.54) is 6.26 Å². The molecule has 1 rings (SSSR count). The topological polar surface area (TPSA) is 56.2 Å². The highest BCUT2D eigenvalue weighted by atomic mass is 28.3. The van der Waals surface area contributed by atoms with Gasteiger partial charge in [-0.1, -0.05) is 19.6 Å². The molecular formula is C8H13NO2Si. The molecule has 2 N–H and O–H groups in total. The number of primary amides is 1. The number of nitrogens with two attached hydrogens (primary N) is 1. The first-order valence-electron chi connectivity index (χ1n) is 3.80. The Morgan fingerprint density at radius 3 is 2.42 bits per heavy atom. The van der Waals surface area contributed by atoms with Crippen molar-refractivity contribution in [2.75, 3.05) is 0 Å². The molecule has 1 heterocycles. The maximum atomic E-state index is 10.9. The van der Waals surface area contributed by atoms with Gasteiger partial charge in [-0.3, -0.25) is 4.79 Å². The van der Waals surface area contributed by atoms with Crippen LogP contribution in [0.2, 0.25) is 19.6 Å². The van der Waals surface area contributed by atoms with E-state index in [-0.39, 0.29) is 0 Å². The van der Waals surface area contributed by atoms with Gasteiger partial charge in [-0.15, -0.1) is 0 Å². The first-order chi connectivity index (χ1) is 5.43. The molecule has 12 heavy (non-hydrogen) atoms. The zero-order chi connectivity index (χ0) is 9.35. The number of carbonyl (C=O) groups excluding carboxylic acids is 1. The van der Waals surface area contributed by atoms with Crippen LogP contribution < -0.4 is 10.9 Å². The minimum Gasteiger partial charge on any atom is -0.459 e. The molecule has 0 radical (unpaired) electrons. The van der Waals surface area contributed by atoms with Crippen molar-refractivity contribution in [3.05, 3.63) is 18.1 Å². The second-order valence-electron chi connectivity index (χ2n) is 3.78. The molecule has 0 fully saturated rings. The Morgan fingerprint density at radius 2 is 2.08 bits per heavy atom. The van der Waals surface area contributed by atoms with Crippen molar-refractivity contribution in [1.82, 2.24) is 0 Å². The van der Waals surface area contributed by atoms with E-state index in [0.29, 0.717) is 5.76 Å². The number of rotatable bonds is 2. The molecule has 0 spiro atoms. The Hall–Kier alpha value is -1.03. The van der Waals surface area contributed by atoms with E-state index >= 15 is 0 Å². The lowest BCUT2D eigenvalue weighted by Crippen LogP contribution is -2.40. The van der Waals surface area contributed by atoms with Gasteiger partial charge in [0, 0.05) is 0 Å². The zero-order valence-corrected chi connectivity index (χ0v) is 8.55. The minimum atomic E-state index is -1.48. The fraction of sp³-hybridized carbons (Fsp3) is 0.375. The molecule has 0 bridgehead atoms. The summed E-state index contributed by atoms with van der Waals surface area (Å²) in [5.41, 5.74) is 5.15. The third kappa shape index (κ3) is 1.58. The van der Waals surface area contributed by atoms with Crippen molar-refractivity contribution < 1.29 is 9.21 Å². The molecule has 1 amide bonds. The first kappa shape index (κ1) is 9.06. The summed E-state index contributed by atoms with van der Waals surface area (Å²) in [5.74, 6) is -0.147. The Balaban J connectivity index is 3.17. The van der Waals surface area contributed by atoms with Gasteiger partial charge < -0.3 is 10.2 Å².